The van der Waals surface area contributed by atoms with Gasteiger partial charge in [-0.2, -0.15) is 5.10 Å². The van der Waals surface area contributed by atoms with E-state index in [1.807, 2.05) is 41.2 Å². The normalized spacial score (nSPS) is 11.9. The summed E-state index contributed by atoms with van der Waals surface area (Å²) in [7, 11) is 0. The summed E-state index contributed by atoms with van der Waals surface area (Å²) in [4.78, 5) is 13.3. The lowest BCUT2D eigenvalue weighted by molar-refractivity contribution is 0.413. The van der Waals surface area contributed by atoms with E-state index in [-0.39, 0.29) is 11.5 Å². The highest BCUT2D eigenvalue weighted by Crippen LogP contribution is 2.36. The number of nitrogens with zero attached hydrogens (tertiary/aromatic N) is 6. The van der Waals surface area contributed by atoms with Gasteiger partial charge in [-0.05, 0) is 62.7 Å². The number of anilines is 1. The van der Waals surface area contributed by atoms with Crippen molar-refractivity contribution >= 4 is 28.6 Å². The van der Waals surface area contributed by atoms with Gasteiger partial charge in [0.15, 0.2) is 0 Å². The number of hydrogen-bond acceptors (Lipinski definition) is 5. The number of nitrogen functional groups attached to an aromatic ring is 1. The van der Waals surface area contributed by atoms with E-state index in [9.17, 15) is 0 Å². The first-order chi connectivity index (χ1) is 15.3. The summed E-state index contributed by atoms with van der Waals surface area (Å²) in [5.41, 5.74) is 11.0. The Morgan fingerprint density at radius 1 is 0.969 bits per heavy atom. The van der Waals surface area contributed by atoms with Crippen molar-refractivity contribution in [2.24, 2.45) is 0 Å². The van der Waals surface area contributed by atoms with Gasteiger partial charge in [0.05, 0.1) is 16.7 Å². The zero-order chi connectivity index (χ0) is 22.5. The molecule has 32 heavy (non-hydrogen) atoms. The number of halogens is 1. The van der Waals surface area contributed by atoms with Crippen molar-refractivity contribution < 1.29 is 0 Å². The number of imidazole rings is 1. The monoisotopic (exact) mass is 443 g/mol. The van der Waals surface area contributed by atoms with Crippen molar-refractivity contribution in [3.8, 4) is 28.2 Å². The van der Waals surface area contributed by atoms with Crippen molar-refractivity contribution in [3.63, 3.8) is 0 Å². The third-order valence-corrected chi connectivity index (χ3v) is 5.52. The van der Waals surface area contributed by atoms with Gasteiger partial charge in [0.1, 0.15) is 5.82 Å². The van der Waals surface area contributed by atoms with Gasteiger partial charge in [0.25, 0.3) is 0 Å². The van der Waals surface area contributed by atoms with Gasteiger partial charge in [-0.25, -0.2) is 19.6 Å². The SMILES string of the molecule is CC(C)(C)n1c(-c2cc(Cl)ccc2-n2cccn2)nc2cc(-c3cnc(N)nc3)ccc21. The molecule has 0 aliphatic carbocycles. The third kappa shape index (κ3) is 3.50. The maximum Gasteiger partial charge on any atom is 0.219 e. The van der Waals surface area contributed by atoms with Crippen LogP contribution in [-0.2, 0) is 5.54 Å². The van der Waals surface area contributed by atoms with Gasteiger partial charge in [-0.3, -0.25) is 0 Å². The lowest BCUT2D eigenvalue weighted by atomic mass is 10.1. The van der Waals surface area contributed by atoms with Crippen molar-refractivity contribution in [3.05, 3.63) is 72.3 Å². The molecule has 160 valence electrons. The molecule has 5 aromatic rings. The first-order valence-electron chi connectivity index (χ1n) is 10.2. The van der Waals surface area contributed by atoms with Crippen molar-refractivity contribution in [1.82, 2.24) is 29.3 Å². The van der Waals surface area contributed by atoms with E-state index in [1.165, 1.54) is 0 Å². The van der Waals surface area contributed by atoms with Crippen LogP contribution in [0.3, 0.4) is 0 Å². The fraction of sp³-hybridized carbons (Fsp3) is 0.167. The summed E-state index contributed by atoms with van der Waals surface area (Å²) in [6, 6.07) is 13.9. The predicted molar refractivity (Wildman–Crippen MR) is 128 cm³/mol. The topological polar surface area (TPSA) is 87.4 Å². The minimum absolute atomic E-state index is 0.223. The van der Waals surface area contributed by atoms with E-state index in [0.29, 0.717) is 5.02 Å². The van der Waals surface area contributed by atoms with Crippen molar-refractivity contribution in [2.45, 2.75) is 26.3 Å². The second-order valence-corrected chi connectivity index (χ2v) is 9.02. The van der Waals surface area contributed by atoms with Crippen LogP contribution >= 0.6 is 11.6 Å². The summed E-state index contributed by atoms with van der Waals surface area (Å²) in [6.45, 7) is 6.49. The summed E-state index contributed by atoms with van der Waals surface area (Å²) >= 11 is 6.42. The molecular weight excluding hydrogens is 422 g/mol. The molecule has 0 aliphatic heterocycles. The summed E-state index contributed by atoms with van der Waals surface area (Å²) in [5.74, 6) is 1.08. The van der Waals surface area contributed by atoms with Gasteiger partial charge >= 0.3 is 0 Å². The number of rotatable bonds is 3. The van der Waals surface area contributed by atoms with E-state index in [2.05, 4.69) is 52.5 Å². The van der Waals surface area contributed by atoms with Gasteiger partial charge in [-0.1, -0.05) is 17.7 Å². The van der Waals surface area contributed by atoms with Crippen LogP contribution in [0, 0.1) is 0 Å². The molecule has 0 amide bonds. The molecule has 0 radical (unpaired) electrons. The molecule has 7 nitrogen and oxygen atoms in total. The molecule has 0 unspecified atom stereocenters. The summed E-state index contributed by atoms with van der Waals surface area (Å²) in [6.07, 6.45) is 7.11. The Hall–Kier alpha value is -3.71. The van der Waals surface area contributed by atoms with E-state index in [1.54, 1.807) is 18.6 Å². The van der Waals surface area contributed by atoms with Crippen molar-refractivity contribution in [2.75, 3.05) is 5.73 Å². The third-order valence-electron chi connectivity index (χ3n) is 5.28. The Labute approximate surface area is 190 Å². The molecule has 8 heteroatoms. The molecule has 2 aromatic carbocycles. The molecule has 0 fully saturated rings. The van der Waals surface area contributed by atoms with Crippen LogP contribution in [0.15, 0.2) is 67.3 Å². The fourth-order valence-electron chi connectivity index (χ4n) is 3.91. The average molecular weight is 444 g/mol. The average Bonchev–Trinajstić information content (AvgIpc) is 3.41. The minimum atomic E-state index is -0.223. The Morgan fingerprint density at radius 2 is 1.75 bits per heavy atom. The van der Waals surface area contributed by atoms with Gasteiger partial charge in [-0.15, -0.1) is 0 Å². The van der Waals surface area contributed by atoms with E-state index in [0.717, 1.165) is 39.2 Å². The highest BCUT2D eigenvalue weighted by molar-refractivity contribution is 6.31. The number of benzene rings is 2. The van der Waals surface area contributed by atoms with Crippen LogP contribution < -0.4 is 5.73 Å². The molecule has 5 rings (SSSR count). The van der Waals surface area contributed by atoms with E-state index in [4.69, 9.17) is 22.3 Å². The molecule has 0 saturated heterocycles. The number of aromatic nitrogens is 6. The lowest BCUT2D eigenvalue weighted by Crippen LogP contribution is -2.23. The maximum atomic E-state index is 6.42. The quantitative estimate of drug-likeness (QED) is 0.406. The predicted octanol–water partition coefficient (Wildman–Crippen LogP) is 5.34. The first-order valence-corrected chi connectivity index (χ1v) is 10.6. The Kier molecular flexibility index (Phi) is 4.71. The lowest BCUT2D eigenvalue weighted by Gasteiger charge is -2.25. The van der Waals surface area contributed by atoms with Crippen molar-refractivity contribution in [1.29, 1.82) is 0 Å². The highest BCUT2D eigenvalue weighted by Gasteiger charge is 2.25. The second-order valence-electron chi connectivity index (χ2n) is 8.59. The fourth-order valence-corrected chi connectivity index (χ4v) is 4.08. The molecule has 3 aromatic heterocycles. The molecule has 0 bridgehead atoms. The molecule has 0 saturated carbocycles. The highest BCUT2D eigenvalue weighted by atomic mass is 35.5. The summed E-state index contributed by atoms with van der Waals surface area (Å²) in [5, 5.41) is 5.06. The molecule has 0 aliphatic rings. The molecule has 2 N–H and O–H groups in total. The Bertz CT molecular complexity index is 1410. The van der Waals surface area contributed by atoms with Crippen LogP contribution in [0.25, 0.3) is 39.2 Å². The maximum absolute atomic E-state index is 6.42. The first kappa shape index (κ1) is 20.2. The molecule has 0 atom stereocenters. The Morgan fingerprint density at radius 3 is 2.44 bits per heavy atom. The van der Waals surface area contributed by atoms with Gasteiger partial charge in [0, 0.05) is 46.5 Å². The number of nitrogens with two attached hydrogens (primary N) is 1. The number of fused-ring (bicyclic) bond motifs is 1. The largest absolute Gasteiger partial charge is 0.368 e. The number of hydrogen-bond donors (Lipinski definition) is 1. The Balaban J connectivity index is 1.77. The minimum Gasteiger partial charge on any atom is -0.368 e. The molecule has 3 heterocycles. The zero-order valence-corrected chi connectivity index (χ0v) is 18.7. The molecule has 0 spiro atoms. The smallest absolute Gasteiger partial charge is 0.219 e. The van der Waals surface area contributed by atoms with Gasteiger partial charge < -0.3 is 10.3 Å². The second kappa shape index (κ2) is 7.46. The standard InChI is InChI=1S/C24H22ClN7/c1-24(2,3)32-21-7-5-15(16-13-27-23(26)28-14-16)11-19(21)30-22(32)18-12-17(25)6-8-20(18)31-10-4-9-29-31/h4-14H,1-3H3,(H2,26,27,28). The van der Waals surface area contributed by atoms with Crippen LogP contribution in [-0.4, -0.2) is 29.3 Å². The van der Waals surface area contributed by atoms with Crippen LogP contribution in [0.1, 0.15) is 20.8 Å². The summed E-state index contributed by atoms with van der Waals surface area (Å²) < 4.78 is 4.07. The molecular formula is C24H22ClN7. The van der Waals surface area contributed by atoms with Crippen LogP contribution in [0.5, 0.6) is 0 Å². The van der Waals surface area contributed by atoms with Crippen LogP contribution in [0.4, 0.5) is 5.95 Å². The van der Waals surface area contributed by atoms with E-state index >= 15 is 0 Å². The zero-order valence-electron chi connectivity index (χ0n) is 18.0. The van der Waals surface area contributed by atoms with E-state index < -0.39 is 0 Å². The van der Waals surface area contributed by atoms with Crippen LogP contribution in [0.2, 0.25) is 5.02 Å². The van der Waals surface area contributed by atoms with Gasteiger partial charge in [0.2, 0.25) is 5.95 Å².